The van der Waals surface area contributed by atoms with Crippen LogP contribution >= 0.6 is 0 Å². The third-order valence-electron chi connectivity index (χ3n) is 4.38. The van der Waals surface area contributed by atoms with E-state index in [1.54, 1.807) is 12.1 Å². The summed E-state index contributed by atoms with van der Waals surface area (Å²) in [5, 5.41) is 2.82. The van der Waals surface area contributed by atoms with Gasteiger partial charge in [-0.25, -0.2) is 9.18 Å². The molecule has 1 heterocycles. The third kappa shape index (κ3) is 2.40. The van der Waals surface area contributed by atoms with Gasteiger partial charge in [-0.15, -0.1) is 0 Å². The SMILES string of the molecule is NC(CN1C(=O)NC2(CCCC2)C1=O)c1ccc(F)cc1. The van der Waals surface area contributed by atoms with Crippen molar-refractivity contribution < 1.29 is 14.0 Å². The zero-order valence-electron chi connectivity index (χ0n) is 11.6. The van der Waals surface area contributed by atoms with Crippen molar-refractivity contribution in [3.05, 3.63) is 35.6 Å². The highest BCUT2D eigenvalue weighted by Crippen LogP contribution is 2.35. The van der Waals surface area contributed by atoms with Gasteiger partial charge in [0.1, 0.15) is 11.4 Å². The first-order chi connectivity index (χ1) is 10.0. The van der Waals surface area contributed by atoms with Crippen LogP contribution in [0.25, 0.3) is 0 Å². The van der Waals surface area contributed by atoms with E-state index in [4.69, 9.17) is 5.73 Å². The van der Waals surface area contributed by atoms with Gasteiger partial charge in [-0.3, -0.25) is 9.69 Å². The highest BCUT2D eigenvalue weighted by atomic mass is 19.1. The lowest BCUT2D eigenvalue weighted by Gasteiger charge is -2.22. The van der Waals surface area contributed by atoms with Crippen LogP contribution in [0.5, 0.6) is 0 Å². The average molecular weight is 291 g/mol. The van der Waals surface area contributed by atoms with Crippen LogP contribution in [0.1, 0.15) is 37.3 Å². The summed E-state index contributed by atoms with van der Waals surface area (Å²) >= 11 is 0. The molecule has 1 aromatic rings. The molecule has 1 aliphatic heterocycles. The summed E-state index contributed by atoms with van der Waals surface area (Å²) in [6.45, 7) is 0.109. The summed E-state index contributed by atoms with van der Waals surface area (Å²) in [6, 6.07) is 4.89. The van der Waals surface area contributed by atoms with Gasteiger partial charge in [0.2, 0.25) is 0 Å². The number of urea groups is 1. The Bertz CT molecular complexity index is 567. The summed E-state index contributed by atoms with van der Waals surface area (Å²) in [7, 11) is 0. The maximum atomic E-state index is 12.9. The largest absolute Gasteiger partial charge is 0.325 e. The van der Waals surface area contributed by atoms with Crippen molar-refractivity contribution in [2.24, 2.45) is 5.73 Å². The van der Waals surface area contributed by atoms with E-state index in [-0.39, 0.29) is 24.3 Å². The molecule has 21 heavy (non-hydrogen) atoms. The number of carbonyl (C=O) groups excluding carboxylic acids is 2. The molecule has 0 radical (unpaired) electrons. The first-order valence-electron chi connectivity index (χ1n) is 7.17. The lowest BCUT2D eigenvalue weighted by Crippen LogP contribution is -2.44. The number of rotatable bonds is 3. The van der Waals surface area contributed by atoms with E-state index in [0.29, 0.717) is 18.4 Å². The van der Waals surface area contributed by atoms with Crippen molar-refractivity contribution in [2.45, 2.75) is 37.3 Å². The second-order valence-corrected chi connectivity index (χ2v) is 5.79. The minimum Gasteiger partial charge on any atom is -0.323 e. The van der Waals surface area contributed by atoms with Crippen LogP contribution in [0.3, 0.4) is 0 Å². The van der Waals surface area contributed by atoms with Gasteiger partial charge >= 0.3 is 6.03 Å². The zero-order valence-corrected chi connectivity index (χ0v) is 11.6. The number of carbonyl (C=O) groups is 2. The van der Waals surface area contributed by atoms with E-state index in [0.717, 1.165) is 12.8 Å². The van der Waals surface area contributed by atoms with Crippen LogP contribution in [0, 0.1) is 5.82 Å². The number of benzene rings is 1. The fraction of sp³-hybridized carbons (Fsp3) is 0.467. The number of imide groups is 1. The smallest absolute Gasteiger partial charge is 0.323 e. The van der Waals surface area contributed by atoms with Crippen molar-refractivity contribution in [1.29, 1.82) is 0 Å². The number of nitrogens with one attached hydrogen (secondary N) is 1. The first-order valence-corrected chi connectivity index (χ1v) is 7.17. The summed E-state index contributed by atoms with van der Waals surface area (Å²) < 4.78 is 12.9. The normalized spacial score (nSPS) is 21.9. The number of amides is 3. The van der Waals surface area contributed by atoms with E-state index in [2.05, 4.69) is 5.32 Å². The van der Waals surface area contributed by atoms with Gasteiger partial charge in [-0.1, -0.05) is 25.0 Å². The quantitative estimate of drug-likeness (QED) is 0.832. The van der Waals surface area contributed by atoms with Crippen molar-refractivity contribution in [3.63, 3.8) is 0 Å². The first kappa shape index (κ1) is 14.0. The van der Waals surface area contributed by atoms with Crippen LogP contribution in [-0.2, 0) is 4.79 Å². The van der Waals surface area contributed by atoms with E-state index in [9.17, 15) is 14.0 Å². The molecular weight excluding hydrogens is 273 g/mol. The molecule has 2 fully saturated rings. The molecule has 3 N–H and O–H groups in total. The van der Waals surface area contributed by atoms with Gasteiger partial charge in [0.15, 0.2) is 0 Å². The molecule has 1 aliphatic carbocycles. The van der Waals surface area contributed by atoms with Crippen LogP contribution in [0.4, 0.5) is 9.18 Å². The number of hydrogen-bond donors (Lipinski definition) is 2. The van der Waals surface area contributed by atoms with Crippen LogP contribution in [0.15, 0.2) is 24.3 Å². The second kappa shape index (κ2) is 5.11. The lowest BCUT2D eigenvalue weighted by molar-refractivity contribution is -0.131. The van der Waals surface area contributed by atoms with E-state index in [1.165, 1.54) is 17.0 Å². The van der Waals surface area contributed by atoms with Gasteiger partial charge in [0.05, 0.1) is 0 Å². The Labute approximate surface area is 122 Å². The van der Waals surface area contributed by atoms with E-state index < -0.39 is 11.6 Å². The number of nitrogens with two attached hydrogens (primary N) is 1. The third-order valence-corrected chi connectivity index (χ3v) is 4.38. The van der Waals surface area contributed by atoms with Crippen LogP contribution < -0.4 is 11.1 Å². The van der Waals surface area contributed by atoms with Crippen molar-refractivity contribution in [1.82, 2.24) is 10.2 Å². The van der Waals surface area contributed by atoms with Gasteiger partial charge in [-0.2, -0.15) is 0 Å². The zero-order chi connectivity index (χ0) is 15.0. The van der Waals surface area contributed by atoms with Crippen LogP contribution in [-0.4, -0.2) is 28.9 Å². The highest BCUT2D eigenvalue weighted by Gasteiger charge is 2.52. The molecule has 1 unspecified atom stereocenters. The molecule has 5 nitrogen and oxygen atoms in total. The standard InChI is InChI=1S/C15H18FN3O2/c16-11-5-3-10(4-6-11)12(17)9-19-13(20)15(18-14(19)21)7-1-2-8-15/h3-6,12H,1-2,7-9,17H2,(H,18,21). The summed E-state index contributed by atoms with van der Waals surface area (Å²) in [5.41, 5.74) is 6.03. The molecule has 1 saturated carbocycles. The fourth-order valence-corrected chi connectivity index (χ4v) is 3.17. The maximum Gasteiger partial charge on any atom is 0.325 e. The number of hydrogen-bond acceptors (Lipinski definition) is 3. The molecule has 2 aliphatic rings. The van der Waals surface area contributed by atoms with Crippen LogP contribution in [0.2, 0.25) is 0 Å². The topological polar surface area (TPSA) is 75.4 Å². The summed E-state index contributed by atoms with van der Waals surface area (Å²) in [5.74, 6) is -0.520. The molecule has 1 saturated heterocycles. The van der Waals surface area contributed by atoms with Gasteiger partial charge in [-0.05, 0) is 30.5 Å². The highest BCUT2D eigenvalue weighted by molar-refractivity contribution is 6.07. The number of halogens is 1. The fourth-order valence-electron chi connectivity index (χ4n) is 3.17. The van der Waals surface area contributed by atoms with Crippen molar-refractivity contribution in [3.8, 4) is 0 Å². The van der Waals surface area contributed by atoms with Gasteiger partial charge in [0, 0.05) is 12.6 Å². The molecule has 3 rings (SSSR count). The maximum absolute atomic E-state index is 12.9. The Kier molecular flexibility index (Phi) is 3.41. The Morgan fingerprint density at radius 3 is 2.48 bits per heavy atom. The minimum absolute atomic E-state index is 0.109. The molecule has 1 atom stereocenters. The lowest BCUT2D eigenvalue weighted by atomic mass is 9.98. The predicted octanol–water partition coefficient (Wildman–Crippen LogP) is 1.69. The van der Waals surface area contributed by atoms with Crippen molar-refractivity contribution in [2.75, 3.05) is 6.54 Å². The Morgan fingerprint density at radius 2 is 1.86 bits per heavy atom. The van der Waals surface area contributed by atoms with Crippen molar-refractivity contribution >= 4 is 11.9 Å². The number of nitrogens with zero attached hydrogens (tertiary/aromatic N) is 1. The predicted molar refractivity (Wildman–Crippen MR) is 74.8 cm³/mol. The molecule has 1 aromatic carbocycles. The second-order valence-electron chi connectivity index (χ2n) is 5.79. The van der Waals surface area contributed by atoms with Gasteiger partial charge < -0.3 is 11.1 Å². The molecule has 0 bridgehead atoms. The minimum atomic E-state index is -0.709. The Balaban J connectivity index is 1.74. The molecule has 6 heteroatoms. The molecular formula is C15H18FN3O2. The van der Waals surface area contributed by atoms with Gasteiger partial charge in [0.25, 0.3) is 5.91 Å². The Hall–Kier alpha value is -1.95. The summed E-state index contributed by atoms with van der Waals surface area (Å²) in [4.78, 5) is 25.7. The molecule has 0 aromatic heterocycles. The van der Waals surface area contributed by atoms with E-state index >= 15 is 0 Å². The monoisotopic (exact) mass is 291 g/mol. The average Bonchev–Trinajstić information content (AvgIpc) is 3.01. The molecule has 3 amide bonds. The summed E-state index contributed by atoms with van der Waals surface area (Å²) in [6.07, 6.45) is 3.29. The van der Waals surface area contributed by atoms with E-state index in [1.807, 2.05) is 0 Å². The molecule has 1 spiro atoms. The molecule has 112 valence electrons. The Morgan fingerprint density at radius 1 is 1.24 bits per heavy atom.